The topological polar surface area (TPSA) is 0 Å². The number of rotatable bonds is 6. The molecule has 0 N–H and O–H groups in total. The lowest BCUT2D eigenvalue weighted by Crippen LogP contribution is -2.10. The van der Waals surface area contributed by atoms with Crippen LogP contribution in [-0.4, -0.2) is 0 Å². The molecule has 0 saturated heterocycles. The van der Waals surface area contributed by atoms with Crippen molar-refractivity contribution in [2.24, 2.45) is 5.92 Å². The maximum absolute atomic E-state index is 2.40. The van der Waals surface area contributed by atoms with Crippen LogP contribution in [-0.2, 0) is 6.42 Å². The summed E-state index contributed by atoms with van der Waals surface area (Å²) in [6.07, 6.45) is 18.3. The van der Waals surface area contributed by atoms with Crippen molar-refractivity contribution in [3.8, 4) is 0 Å². The van der Waals surface area contributed by atoms with Gasteiger partial charge in [0.25, 0.3) is 0 Å². The van der Waals surface area contributed by atoms with Crippen LogP contribution in [0.2, 0.25) is 0 Å². The predicted molar refractivity (Wildman–Crippen MR) is 98.8 cm³/mol. The summed E-state index contributed by atoms with van der Waals surface area (Å²) >= 11 is 0. The van der Waals surface area contributed by atoms with Crippen molar-refractivity contribution in [2.45, 2.75) is 46.5 Å². The molecule has 0 aromatic heterocycles. The van der Waals surface area contributed by atoms with E-state index in [1.54, 1.807) is 5.57 Å². The van der Waals surface area contributed by atoms with Crippen LogP contribution in [0.5, 0.6) is 0 Å². The van der Waals surface area contributed by atoms with E-state index in [-0.39, 0.29) is 0 Å². The van der Waals surface area contributed by atoms with Crippen molar-refractivity contribution in [3.05, 3.63) is 76.9 Å². The monoisotopic (exact) mass is 292 g/mol. The van der Waals surface area contributed by atoms with Gasteiger partial charge in [-0.05, 0) is 56.6 Å². The van der Waals surface area contributed by atoms with E-state index in [4.69, 9.17) is 0 Å². The van der Waals surface area contributed by atoms with E-state index in [0.29, 0.717) is 5.92 Å². The number of allylic oxidation sites excluding steroid dienone is 7. The van der Waals surface area contributed by atoms with Crippen LogP contribution in [0.1, 0.15) is 51.2 Å². The van der Waals surface area contributed by atoms with Crippen LogP contribution in [0.25, 0.3) is 6.08 Å². The Morgan fingerprint density at radius 3 is 2.77 bits per heavy atom. The van der Waals surface area contributed by atoms with Gasteiger partial charge in [-0.15, -0.1) is 0 Å². The van der Waals surface area contributed by atoms with E-state index < -0.39 is 0 Å². The molecular weight excluding hydrogens is 264 g/mol. The summed E-state index contributed by atoms with van der Waals surface area (Å²) < 4.78 is 0. The predicted octanol–water partition coefficient (Wildman–Crippen LogP) is 6.51. The highest BCUT2D eigenvalue weighted by Crippen LogP contribution is 2.30. The summed E-state index contributed by atoms with van der Waals surface area (Å²) in [6.45, 7) is 6.50. The summed E-state index contributed by atoms with van der Waals surface area (Å²) in [5.41, 5.74) is 5.78. The molecule has 0 nitrogen and oxygen atoms in total. The standard InChI is InChI=1S/C22H28/c1-4-6-7-11-20-15-14-18(3)16-22(20)17-21-13-9-8-12-19(21)10-5-2/h5-10,12-14,16,20H,4,11,15,17H2,1-3H3/b7-6?,10-5-. The molecule has 0 bridgehead atoms. The van der Waals surface area contributed by atoms with Gasteiger partial charge in [-0.2, -0.15) is 0 Å². The normalized spacial score (nSPS) is 18.8. The van der Waals surface area contributed by atoms with Crippen molar-refractivity contribution in [2.75, 3.05) is 0 Å². The molecule has 0 radical (unpaired) electrons. The molecule has 0 saturated carbocycles. The molecule has 1 unspecified atom stereocenters. The molecule has 1 aliphatic carbocycles. The highest BCUT2D eigenvalue weighted by molar-refractivity contribution is 5.54. The fourth-order valence-electron chi connectivity index (χ4n) is 3.08. The highest BCUT2D eigenvalue weighted by Gasteiger charge is 2.16. The third-order valence-corrected chi connectivity index (χ3v) is 4.28. The van der Waals surface area contributed by atoms with Crippen molar-refractivity contribution in [3.63, 3.8) is 0 Å². The Labute approximate surface area is 136 Å². The third-order valence-electron chi connectivity index (χ3n) is 4.28. The maximum atomic E-state index is 2.40. The molecular formula is C22H28. The SMILES string of the molecule is C/C=C\c1ccccc1CC1=CC(C)=CCC1CC=CCC. The molecule has 0 aliphatic heterocycles. The average molecular weight is 292 g/mol. The third kappa shape index (κ3) is 4.59. The fraction of sp³-hybridized carbons (Fsp3) is 0.364. The Kier molecular flexibility index (Phi) is 6.45. The first-order chi connectivity index (χ1) is 10.7. The summed E-state index contributed by atoms with van der Waals surface area (Å²) in [6, 6.07) is 8.76. The number of hydrogen-bond acceptors (Lipinski definition) is 0. The minimum absolute atomic E-state index is 0.658. The van der Waals surface area contributed by atoms with E-state index in [2.05, 4.69) is 81.5 Å². The second-order valence-corrected chi connectivity index (χ2v) is 6.09. The molecule has 0 heterocycles. The van der Waals surface area contributed by atoms with Gasteiger partial charge in [0.1, 0.15) is 0 Å². The van der Waals surface area contributed by atoms with Crippen LogP contribution in [0.4, 0.5) is 0 Å². The molecule has 0 amide bonds. The lowest BCUT2D eigenvalue weighted by molar-refractivity contribution is 0.606. The Bertz CT molecular complexity index is 596. The molecule has 1 aromatic carbocycles. The zero-order chi connectivity index (χ0) is 15.8. The lowest BCUT2D eigenvalue weighted by Gasteiger charge is -2.23. The highest BCUT2D eigenvalue weighted by atomic mass is 14.2. The summed E-state index contributed by atoms with van der Waals surface area (Å²) in [4.78, 5) is 0. The Morgan fingerprint density at radius 1 is 1.18 bits per heavy atom. The van der Waals surface area contributed by atoms with Gasteiger partial charge in [0.2, 0.25) is 0 Å². The van der Waals surface area contributed by atoms with E-state index in [1.165, 1.54) is 23.1 Å². The number of benzene rings is 1. The van der Waals surface area contributed by atoms with E-state index in [1.807, 2.05) is 0 Å². The van der Waals surface area contributed by atoms with Gasteiger partial charge in [0.05, 0.1) is 0 Å². The van der Waals surface area contributed by atoms with E-state index in [9.17, 15) is 0 Å². The minimum atomic E-state index is 0.658. The molecule has 0 heteroatoms. The van der Waals surface area contributed by atoms with Crippen LogP contribution in [0.3, 0.4) is 0 Å². The van der Waals surface area contributed by atoms with Crippen molar-refractivity contribution < 1.29 is 0 Å². The van der Waals surface area contributed by atoms with E-state index in [0.717, 1.165) is 19.3 Å². The Morgan fingerprint density at radius 2 is 2.00 bits per heavy atom. The van der Waals surface area contributed by atoms with Crippen molar-refractivity contribution in [1.82, 2.24) is 0 Å². The molecule has 2 rings (SSSR count). The maximum Gasteiger partial charge on any atom is -0.00549 e. The first-order valence-electron chi connectivity index (χ1n) is 8.47. The Hall–Kier alpha value is -1.82. The van der Waals surface area contributed by atoms with Crippen LogP contribution in [0.15, 0.2) is 65.8 Å². The fourth-order valence-corrected chi connectivity index (χ4v) is 3.08. The number of hydrogen-bond donors (Lipinski definition) is 0. The second-order valence-electron chi connectivity index (χ2n) is 6.09. The molecule has 1 aromatic rings. The Balaban J connectivity index is 2.20. The smallest absolute Gasteiger partial charge is 0.00549 e. The van der Waals surface area contributed by atoms with Crippen molar-refractivity contribution >= 4 is 6.08 Å². The van der Waals surface area contributed by atoms with Gasteiger partial charge >= 0.3 is 0 Å². The van der Waals surface area contributed by atoms with E-state index >= 15 is 0 Å². The van der Waals surface area contributed by atoms with Gasteiger partial charge < -0.3 is 0 Å². The molecule has 22 heavy (non-hydrogen) atoms. The van der Waals surface area contributed by atoms with Crippen LogP contribution < -0.4 is 0 Å². The van der Waals surface area contributed by atoms with Gasteiger partial charge in [-0.3, -0.25) is 0 Å². The molecule has 1 atom stereocenters. The average Bonchev–Trinajstić information content (AvgIpc) is 2.52. The zero-order valence-electron chi connectivity index (χ0n) is 14.2. The molecule has 116 valence electrons. The van der Waals surface area contributed by atoms with Gasteiger partial charge in [-0.1, -0.05) is 78.8 Å². The van der Waals surface area contributed by atoms with Crippen LogP contribution in [0, 0.1) is 5.92 Å². The summed E-state index contributed by atoms with van der Waals surface area (Å²) in [5.74, 6) is 0.658. The zero-order valence-corrected chi connectivity index (χ0v) is 14.2. The largest absolute Gasteiger partial charge is 0.0888 e. The summed E-state index contributed by atoms with van der Waals surface area (Å²) in [5, 5.41) is 0. The molecule has 0 fully saturated rings. The van der Waals surface area contributed by atoms with Gasteiger partial charge in [-0.25, -0.2) is 0 Å². The first-order valence-corrected chi connectivity index (χ1v) is 8.47. The first kappa shape index (κ1) is 16.5. The molecule has 0 spiro atoms. The second kappa shape index (κ2) is 8.58. The quantitative estimate of drug-likeness (QED) is 0.524. The van der Waals surface area contributed by atoms with Gasteiger partial charge in [0, 0.05) is 0 Å². The molecule has 1 aliphatic rings. The van der Waals surface area contributed by atoms with Crippen LogP contribution >= 0.6 is 0 Å². The summed E-state index contributed by atoms with van der Waals surface area (Å²) in [7, 11) is 0. The van der Waals surface area contributed by atoms with Crippen molar-refractivity contribution in [1.29, 1.82) is 0 Å². The lowest BCUT2D eigenvalue weighted by atomic mass is 9.82. The minimum Gasteiger partial charge on any atom is -0.0888 e. The van der Waals surface area contributed by atoms with Gasteiger partial charge in [0.15, 0.2) is 0 Å².